The van der Waals surface area contributed by atoms with E-state index in [0.717, 1.165) is 31.0 Å². The van der Waals surface area contributed by atoms with Crippen LogP contribution in [0.5, 0.6) is 0 Å². The average Bonchev–Trinajstić information content (AvgIpc) is 1.99. The minimum absolute atomic E-state index is 0.258. The Morgan fingerprint density at radius 2 is 2.27 bits per heavy atom. The van der Waals surface area contributed by atoms with Crippen LogP contribution in [0.4, 0.5) is 0 Å². The first-order chi connectivity index (χ1) is 5.31. The van der Waals surface area contributed by atoms with E-state index in [4.69, 9.17) is 0 Å². The predicted octanol–water partition coefficient (Wildman–Crippen LogP) is 2.40. The van der Waals surface area contributed by atoms with Crippen molar-refractivity contribution < 1.29 is 4.79 Å². The van der Waals surface area contributed by atoms with E-state index >= 15 is 0 Å². The molecule has 2 heteroatoms. The van der Waals surface area contributed by atoms with Crippen LogP contribution < -0.4 is 0 Å². The van der Waals surface area contributed by atoms with Crippen molar-refractivity contribution in [3.05, 3.63) is 12.7 Å². The van der Waals surface area contributed by atoms with E-state index in [-0.39, 0.29) is 15.0 Å². The molecule has 0 aromatic rings. The van der Waals surface area contributed by atoms with Crippen molar-refractivity contribution in [2.45, 2.75) is 37.9 Å². The summed E-state index contributed by atoms with van der Waals surface area (Å²) in [6, 6.07) is 0. The van der Waals surface area contributed by atoms with Gasteiger partial charge in [0.05, 0.1) is 0 Å². The fraction of sp³-hybridized carbons (Fsp3) is 0.667. The maximum absolute atomic E-state index is 11.0. The summed E-state index contributed by atoms with van der Waals surface area (Å²) >= 11 is 0.258. The quantitative estimate of drug-likeness (QED) is 0.365. The second kappa shape index (κ2) is 8.03. The van der Waals surface area contributed by atoms with Gasteiger partial charge in [-0.3, -0.25) is 0 Å². The first-order valence-corrected chi connectivity index (χ1v) is 6.14. The van der Waals surface area contributed by atoms with Crippen LogP contribution in [0.2, 0.25) is 5.32 Å². The summed E-state index contributed by atoms with van der Waals surface area (Å²) < 4.78 is 0.476. The van der Waals surface area contributed by atoms with Crippen molar-refractivity contribution >= 4 is 19.6 Å². The van der Waals surface area contributed by atoms with Crippen LogP contribution >= 0.6 is 0 Å². The van der Waals surface area contributed by atoms with Gasteiger partial charge in [-0.25, -0.2) is 0 Å². The molecule has 0 rings (SSSR count). The normalized spacial score (nSPS) is 9.55. The van der Waals surface area contributed by atoms with Gasteiger partial charge in [0, 0.05) is 0 Å². The molecule has 11 heavy (non-hydrogen) atoms. The summed E-state index contributed by atoms with van der Waals surface area (Å²) in [6.45, 7) is 5.70. The van der Waals surface area contributed by atoms with Crippen molar-refractivity contribution in [2.24, 2.45) is 0 Å². The zero-order valence-corrected chi connectivity index (χ0v) is 8.85. The Hall–Kier alpha value is -0.0705. The van der Waals surface area contributed by atoms with Crippen molar-refractivity contribution in [3.63, 3.8) is 0 Å². The first-order valence-electron chi connectivity index (χ1n) is 4.07. The number of hydrogen-bond acceptors (Lipinski definition) is 1. The van der Waals surface area contributed by atoms with E-state index in [1.165, 1.54) is 0 Å². The molecule has 0 aliphatic heterocycles. The number of rotatable bonds is 7. The molecule has 0 radical (unpaired) electrons. The Kier molecular flexibility index (Phi) is 7.98. The molecule has 0 aliphatic carbocycles. The molecule has 64 valence electrons. The van der Waals surface area contributed by atoms with Crippen molar-refractivity contribution in [3.8, 4) is 0 Å². The minimum atomic E-state index is 0.258. The molecule has 0 fully saturated rings. The molecular weight excluding hydrogens is 203 g/mol. The van der Waals surface area contributed by atoms with Gasteiger partial charge < -0.3 is 0 Å². The van der Waals surface area contributed by atoms with Gasteiger partial charge in [-0.05, 0) is 0 Å². The fourth-order valence-electron chi connectivity index (χ4n) is 0.791. The van der Waals surface area contributed by atoms with Crippen molar-refractivity contribution in [1.29, 1.82) is 0 Å². The van der Waals surface area contributed by atoms with E-state index in [0.29, 0.717) is 4.68 Å². The molecule has 0 unspecified atom stereocenters. The second-order valence-electron chi connectivity index (χ2n) is 2.34. The van der Waals surface area contributed by atoms with Crippen LogP contribution in [0.1, 0.15) is 32.6 Å². The van der Waals surface area contributed by atoms with Crippen molar-refractivity contribution in [2.75, 3.05) is 0 Å². The number of carbonyl (C=O) groups is 1. The second-order valence-corrected chi connectivity index (χ2v) is 5.11. The molecule has 0 saturated carbocycles. The Morgan fingerprint density at radius 1 is 1.55 bits per heavy atom. The molecule has 0 atom stereocenters. The molecule has 0 aromatic carbocycles. The molecule has 0 amide bonds. The molecule has 1 nitrogen and oxygen atoms in total. The molecule has 0 bridgehead atoms. The number of hydrogen-bond donors (Lipinski definition) is 0. The summed E-state index contributed by atoms with van der Waals surface area (Å²) in [5, 5.41) is 1.05. The third-order valence-electron chi connectivity index (χ3n) is 1.34. The summed E-state index contributed by atoms with van der Waals surface area (Å²) in [7, 11) is 0. The van der Waals surface area contributed by atoms with Crippen LogP contribution in [0, 0.1) is 0 Å². The summed E-state index contributed by atoms with van der Waals surface area (Å²) in [5.74, 6) is 0. The van der Waals surface area contributed by atoms with Crippen LogP contribution in [-0.2, 0) is 4.79 Å². The van der Waals surface area contributed by atoms with Crippen LogP contribution in [0.3, 0.4) is 0 Å². The van der Waals surface area contributed by atoms with Gasteiger partial charge in [0.15, 0.2) is 0 Å². The van der Waals surface area contributed by atoms with Crippen LogP contribution in [0.15, 0.2) is 12.7 Å². The zero-order valence-electron chi connectivity index (χ0n) is 7.14. The SMILES string of the molecule is C=CCCCCC(=O)[Se]CC. The third kappa shape index (κ3) is 7.83. The molecular formula is C9H16OSe. The average molecular weight is 219 g/mol. The van der Waals surface area contributed by atoms with Gasteiger partial charge in [0.25, 0.3) is 0 Å². The Balaban J connectivity index is 3.10. The van der Waals surface area contributed by atoms with Gasteiger partial charge >= 0.3 is 75.0 Å². The number of unbranched alkanes of at least 4 members (excludes halogenated alkanes) is 2. The fourth-order valence-corrected chi connectivity index (χ4v) is 2.07. The van der Waals surface area contributed by atoms with Gasteiger partial charge in [0.2, 0.25) is 0 Å². The standard InChI is InChI=1S/C9H16OSe/c1-3-5-6-7-8-9(10)11-4-2/h3H,1,4-8H2,2H3. The molecule has 0 saturated heterocycles. The van der Waals surface area contributed by atoms with E-state index in [1.54, 1.807) is 0 Å². The van der Waals surface area contributed by atoms with E-state index in [9.17, 15) is 4.79 Å². The van der Waals surface area contributed by atoms with Crippen LogP contribution in [0.25, 0.3) is 0 Å². The zero-order chi connectivity index (χ0) is 8.53. The topological polar surface area (TPSA) is 17.1 Å². The summed E-state index contributed by atoms with van der Waals surface area (Å²) in [4.78, 5) is 11.0. The third-order valence-corrected chi connectivity index (χ3v) is 3.05. The van der Waals surface area contributed by atoms with Gasteiger partial charge in [-0.1, -0.05) is 0 Å². The molecule has 0 spiro atoms. The Bertz CT molecular complexity index is 121. The predicted molar refractivity (Wildman–Crippen MR) is 49.9 cm³/mol. The monoisotopic (exact) mass is 220 g/mol. The molecule has 0 aromatic heterocycles. The van der Waals surface area contributed by atoms with Gasteiger partial charge in [-0.2, -0.15) is 0 Å². The first kappa shape index (κ1) is 10.9. The van der Waals surface area contributed by atoms with Gasteiger partial charge in [-0.15, -0.1) is 0 Å². The molecule has 0 heterocycles. The van der Waals surface area contributed by atoms with Crippen LogP contribution in [-0.4, -0.2) is 19.6 Å². The molecule has 0 aliphatic rings. The Morgan fingerprint density at radius 3 is 2.82 bits per heavy atom. The van der Waals surface area contributed by atoms with E-state index < -0.39 is 0 Å². The maximum atomic E-state index is 11.0. The van der Waals surface area contributed by atoms with Crippen molar-refractivity contribution in [1.82, 2.24) is 0 Å². The summed E-state index contributed by atoms with van der Waals surface area (Å²) in [6.07, 6.45) is 5.92. The number of carbonyl (C=O) groups excluding carboxylic acids is 1. The Labute approximate surface area is 75.4 Å². The number of allylic oxidation sites excluding steroid dienone is 1. The van der Waals surface area contributed by atoms with E-state index in [1.807, 2.05) is 6.08 Å². The van der Waals surface area contributed by atoms with Gasteiger partial charge in [0.1, 0.15) is 0 Å². The van der Waals surface area contributed by atoms with E-state index in [2.05, 4.69) is 13.5 Å². The molecule has 0 N–H and O–H groups in total. The summed E-state index contributed by atoms with van der Waals surface area (Å²) in [5.41, 5.74) is 0.